The Morgan fingerprint density at radius 1 is 1.20 bits per heavy atom. The van der Waals surface area contributed by atoms with Gasteiger partial charge < -0.3 is 18.6 Å². The van der Waals surface area contributed by atoms with Crippen molar-refractivity contribution in [2.75, 3.05) is 14.2 Å². The highest BCUT2D eigenvalue weighted by atomic mass is 16.7. The molecule has 0 bridgehead atoms. The number of fused-ring (bicyclic) bond motifs is 1. The third-order valence-corrected chi connectivity index (χ3v) is 3.36. The minimum absolute atomic E-state index is 0.149. The van der Waals surface area contributed by atoms with E-state index in [0.29, 0.717) is 12.8 Å². The summed E-state index contributed by atoms with van der Waals surface area (Å²) in [4.78, 5) is 35.5. The van der Waals surface area contributed by atoms with Gasteiger partial charge in [-0.2, -0.15) is 0 Å². The van der Waals surface area contributed by atoms with E-state index < -0.39 is 23.5 Å². The minimum atomic E-state index is -1.75. The van der Waals surface area contributed by atoms with E-state index in [9.17, 15) is 14.4 Å². The van der Waals surface area contributed by atoms with Crippen LogP contribution in [0.3, 0.4) is 0 Å². The van der Waals surface area contributed by atoms with E-state index in [2.05, 4.69) is 9.47 Å². The predicted octanol–water partition coefficient (Wildman–Crippen LogP) is 1.34. The molecule has 0 unspecified atom stereocenters. The molecule has 1 aliphatic rings. The summed E-state index contributed by atoms with van der Waals surface area (Å²) in [6.07, 6.45) is 1.60. The van der Waals surface area contributed by atoms with Crippen LogP contribution >= 0.6 is 0 Å². The minimum Gasteiger partial charge on any atom is -0.468 e. The average Bonchev–Trinajstić information content (AvgIpc) is 2.94. The predicted molar refractivity (Wildman–Crippen MR) is 63.8 cm³/mol. The van der Waals surface area contributed by atoms with Crippen molar-refractivity contribution in [3.63, 3.8) is 0 Å². The van der Waals surface area contributed by atoms with Crippen LogP contribution in [0.5, 0.6) is 0 Å². The fourth-order valence-corrected chi connectivity index (χ4v) is 2.42. The molecular formula is C13H14O7. The number of methoxy groups -OCH3 is 2. The van der Waals surface area contributed by atoms with Crippen LogP contribution in [0, 0.1) is 0 Å². The van der Waals surface area contributed by atoms with Gasteiger partial charge in [-0.05, 0) is 30.9 Å². The van der Waals surface area contributed by atoms with Crippen LogP contribution in [0.1, 0.15) is 24.2 Å². The average molecular weight is 282 g/mol. The largest absolute Gasteiger partial charge is 0.515 e. The Balaban J connectivity index is 2.46. The van der Waals surface area contributed by atoms with Crippen molar-refractivity contribution >= 4 is 18.1 Å². The first-order chi connectivity index (χ1) is 9.56. The molecule has 0 fully saturated rings. The van der Waals surface area contributed by atoms with Crippen LogP contribution in [0.25, 0.3) is 0 Å². The molecule has 1 aromatic rings. The molecule has 7 heteroatoms. The summed E-state index contributed by atoms with van der Waals surface area (Å²) >= 11 is 0. The molecule has 0 N–H and O–H groups in total. The molecule has 0 spiro atoms. The van der Waals surface area contributed by atoms with E-state index in [1.165, 1.54) is 6.26 Å². The quantitative estimate of drug-likeness (QED) is 0.597. The number of rotatable bonds is 2. The first-order valence-corrected chi connectivity index (χ1v) is 6.01. The van der Waals surface area contributed by atoms with Gasteiger partial charge in [0.1, 0.15) is 5.76 Å². The third-order valence-electron chi connectivity index (χ3n) is 3.36. The van der Waals surface area contributed by atoms with Gasteiger partial charge in [0.15, 0.2) is 0 Å². The molecule has 1 aromatic heterocycles. The molecule has 0 amide bonds. The van der Waals surface area contributed by atoms with Gasteiger partial charge in [0, 0.05) is 0 Å². The molecular weight excluding hydrogens is 268 g/mol. The van der Waals surface area contributed by atoms with Crippen molar-refractivity contribution in [2.24, 2.45) is 0 Å². The van der Waals surface area contributed by atoms with E-state index in [1.54, 1.807) is 6.07 Å². The Hall–Kier alpha value is -2.31. The molecule has 7 nitrogen and oxygen atoms in total. The number of furan rings is 1. The van der Waals surface area contributed by atoms with E-state index in [4.69, 9.17) is 9.15 Å². The lowest BCUT2D eigenvalue weighted by Gasteiger charge is -2.30. The van der Waals surface area contributed by atoms with Gasteiger partial charge in [-0.1, -0.05) is 0 Å². The molecule has 2 rings (SSSR count). The second-order valence-corrected chi connectivity index (χ2v) is 4.37. The van der Waals surface area contributed by atoms with E-state index in [-0.39, 0.29) is 12.2 Å². The number of esters is 2. The zero-order chi connectivity index (χ0) is 14.8. The van der Waals surface area contributed by atoms with Crippen LogP contribution in [0.2, 0.25) is 0 Å². The highest BCUT2D eigenvalue weighted by Crippen LogP contribution is 2.40. The number of hydrogen-bond donors (Lipinski definition) is 0. The second-order valence-electron chi connectivity index (χ2n) is 4.37. The van der Waals surface area contributed by atoms with Gasteiger partial charge in [0.2, 0.25) is 5.41 Å². The highest BCUT2D eigenvalue weighted by molar-refractivity contribution is 6.08. The zero-order valence-corrected chi connectivity index (χ0v) is 11.1. The Bertz CT molecular complexity index is 545. The molecule has 0 radical (unpaired) electrons. The standard InChI is InChI=1S/C13H14O7/c1-17-10(14)13(11(15)20-12(16)18-2)6-3-4-8-5-7-19-9(8)13/h5,7H,3-4,6H2,1-2H3/t13-/m0/s1. The molecule has 1 atom stereocenters. The van der Waals surface area contributed by atoms with Crippen LogP contribution in [0.15, 0.2) is 16.7 Å². The Morgan fingerprint density at radius 3 is 2.60 bits per heavy atom. The molecule has 108 valence electrons. The summed E-state index contributed by atoms with van der Waals surface area (Å²) < 4.78 is 18.8. The van der Waals surface area contributed by atoms with Crippen molar-refractivity contribution in [1.29, 1.82) is 0 Å². The number of carbonyl (C=O) groups excluding carboxylic acids is 3. The molecule has 0 saturated carbocycles. The number of ether oxygens (including phenoxy) is 3. The summed E-state index contributed by atoms with van der Waals surface area (Å²) in [5.41, 5.74) is -1.02. The topological polar surface area (TPSA) is 92.0 Å². The fourth-order valence-electron chi connectivity index (χ4n) is 2.42. The Labute approximate surface area is 114 Å². The maximum Gasteiger partial charge on any atom is 0.515 e. The van der Waals surface area contributed by atoms with Crippen LogP contribution in [-0.4, -0.2) is 32.3 Å². The van der Waals surface area contributed by atoms with Gasteiger partial charge in [0.05, 0.1) is 20.5 Å². The molecule has 1 heterocycles. The van der Waals surface area contributed by atoms with Crippen molar-refractivity contribution in [3.05, 3.63) is 23.7 Å². The lowest BCUT2D eigenvalue weighted by Crippen LogP contribution is -2.48. The van der Waals surface area contributed by atoms with Crippen molar-refractivity contribution in [1.82, 2.24) is 0 Å². The zero-order valence-electron chi connectivity index (χ0n) is 11.1. The van der Waals surface area contributed by atoms with Gasteiger partial charge in [-0.15, -0.1) is 0 Å². The molecule has 0 aromatic carbocycles. The lowest BCUT2D eigenvalue weighted by molar-refractivity contribution is -0.163. The van der Waals surface area contributed by atoms with Crippen LogP contribution in [-0.2, 0) is 35.6 Å². The SMILES string of the molecule is COC(=O)OC(=O)[C@@]1(C(=O)OC)CCCc2ccoc21. The second kappa shape index (κ2) is 5.36. The maximum atomic E-state index is 12.3. The Kier molecular flexibility index (Phi) is 3.78. The number of carbonyl (C=O) groups is 3. The lowest BCUT2D eigenvalue weighted by atomic mass is 9.74. The monoisotopic (exact) mass is 282 g/mol. The summed E-state index contributed by atoms with van der Waals surface area (Å²) in [6.45, 7) is 0. The summed E-state index contributed by atoms with van der Waals surface area (Å²) in [5, 5.41) is 0. The van der Waals surface area contributed by atoms with E-state index >= 15 is 0 Å². The molecule has 20 heavy (non-hydrogen) atoms. The number of aryl methyl sites for hydroxylation is 1. The van der Waals surface area contributed by atoms with Gasteiger partial charge in [0.25, 0.3) is 0 Å². The Morgan fingerprint density at radius 2 is 1.95 bits per heavy atom. The van der Waals surface area contributed by atoms with Crippen LogP contribution in [0.4, 0.5) is 4.79 Å². The highest BCUT2D eigenvalue weighted by Gasteiger charge is 2.56. The number of hydrogen-bond acceptors (Lipinski definition) is 7. The normalized spacial score (nSPS) is 20.7. The molecule has 0 saturated heterocycles. The molecule has 1 aliphatic carbocycles. The maximum absolute atomic E-state index is 12.3. The smallest absolute Gasteiger partial charge is 0.468 e. The van der Waals surface area contributed by atoms with Gasteiger partial charge in [-0.3, -0.25) is 4.79 Å². The first kappa shape index (κ1) is 14.1. The van der Waals surface area contributed by atoms with Crippen LogP contribution < -0.4 is 0 Å². The van der Waals surface area contributed by atoms with Gasteiger partial charge in [-0.25, -0.2) is 9.59 Å². The van der Waals surface area contributed by atoms with Gasteiger partial charge >= 0.3 is 18.1 Å². The first-order valence-electron chi connectivity index (χ1n) is 6.01. The third kappa shape index (κ3) is 2.04. The fraction of sp³-hybridized carbons (Fsp3) is 0.462. The van der Waals surface area contributed by atoms with Crippen molar-refractivity contribution < 1.29 is 33.0 Å². The summed E-state index contributed by atoms with van der Waals surface area (Å²) in [6, 6.07) is 1.68. The van der Waals surface area contributed by atoms with Crippen molar-refractivity contribution in [3.8, 4) is 0 Å². The molecule has 0 aliphatic heterocycles. The van der Waals surface area contributed by atoms with E-state index in [1.807, 2.05) is 0 Å². The van der Waals surface area contributed by atoms with Crippen molar-refractivity contribution in [2.45, 2.75) is 24.7 Å². The van der Waals surface area contributed by atoms with E-state index in [0.717, 1.165) is 19.8 Å². The summed E-state index contributed by atoms with van der Waals surface area (Å²) in [7, 11) is 2.23. The summed E-state index contributed by atoms with van der Waals surface area (Å²) in [5.74, 6) is -1.70.